The molecule has 1 fully saturated rings. The third kappa shape index (κ3) is 2.26. The Labute approximate surface area is 77.5 Å². The molecule has 1 saturated heterocycles. The summed E-state index contributed by atoms with van der Waals surface area (Å²) in [5.41, 5.74) is 0. The van der Waals surface area contributed by atoms with Crippen molar-refractivity contribution in [3.05, 3.63) is 12.2 Å². The molecule has 1 aromatic rings. The van der Waals surface area contributed by atoms with Crippen molar-refractivity contribution in [3.8, 4) is 0 Å². The molecule has 0 aromatic carbocycles. The number of hydrogen-bond donors (Lipinski definition) is 2. The van der Waals surface area contributed by atoms with Gasteiger partial charge in [0.25, 0.3) is 0 Å². The highest BCUT2D eigenvalue weighted by Gasteiger charge is 2.13. The molecule has 2 N–H and O–H groups in total. The standard InChI is InChI=1S/C8H15N5/c1-13-6-11-8(12-13)5-10-7-2-3-9-4-7/h6-7,9-10H,2-5H2,1H3. The molecule has 2 heterocycles. The maximum Gasteiger partial charge on any atom is 0.164 e. The van der Waals surface area contributed by atoms with Crippen molar-refractivity contribution in [2.75, 3.05) is 13.1 Å². The van der Waals surface area contributed by atoms with Crippen LogP contribution in [0.2, 0.25) is 0 Å². The van der Waals surface area contributed by atoms with Gasteiger partial charge < -0.3 is 10.6 Å². The predicted molar refractivity (Wildman–Crippen MR) is 49.1 cm³/mol. The fourth-order valence-corrected chi connectivity index (χ4v) is 1.53. The summed E-state index contributed by atoms with van der Waals surface area (Å²) in [5, 5.41) is 10.9. The summed E-state index contributed by atoms with van der Waals surface area (Å²) in [6.07, 6.45) is 2.93. The molecule has 5 nitrogen and oxygen atoms in total. The Morgan fingerprint density at radius 3 is 3.31 bits per heavy atom. The van der Waals surface area contributed by atoms with Crippen LogP contribution >= 0.6 is 0 Å². The van der Waals surface area contributed by atoms with Crippen molar-refractivity contribution in [2.45, 2.75) is 19.0 Å². The second-order valence-electron chi connectivity index (χ2n) is 3.41. The van der Waals surface area contributed by atoms with Gasteiger partial charge in [0.05, 0.1) is 6.54 Å². The van der Waals surface area contributed by atoms with E-state index >= 15 is 0 Å². The van der Waals surface area contributed by atoms with Gasteiger partial charge in [0.1, 0.15) is 6.33 Å². The van der Waals surface area contributed by atoms with Crippen molar-refractivity contribution >= 4 is 0 Å². The lowest BCUT2D eigenvalue weighted by Crippen LogP contribution is -2.30. The van der Waals surface area contributed by atoms with Gasteiger partial charge >= 0.3 is 0 Å². The largest absolute Gasteiger partial charge is 0.315 e. The molecule has 1 unspecified atom stereocenters. The van der Waals surface area contributed by atoms with Crippen LogP contribution in [0.1, 0.15) is 12.2 Å². The number of hydrogen-bond acceptors (Lipinski definition) is 4. The topological polar surface area (TPSA) is 54.8 Å². The summed E-state index contributed by atoms with van der Waals surface area (Å²) >= 11 is 0. The van der Waals surface area contributed by atoms with Crippen molar-refractivity contribution in [3.63, 3.8) is 0 Å². The van der Waals surface area contributed by atoms with E-state index in [0.717, 1.165) is 25.5 Å². The van der Waals surface area contributed by atoms with Crippen LogP contribution in [0.25, 0.3) is 0 Å². The molecule has 1 atom stereocenters. The molecule has 13 heavy (non-hydrogen) atoms. The minimum absolute atomic E-state index is 0.587. The van der Waals surface area contributed by atoms with Crippen LogP contribution in [0, 0.1) is 0 Å². The van der Waals surface area contributed by atoms with Crippen LogP contribution in [0.15, 0.2) is 6.33 Å². The first-order valence-electron chi connectivity index (χ1n) is 4.63. The zero-order valence-corrected chi connectivity index (χ0v) is 7.82. The summed E-state index contributed by atoms with van der Waals surface area (Å²) in [7, 11) is 1.88. The van der Waals surface area contributed by atoms with Gasteiger partial charge in [-0.05, 0) is 13.0 Å². The Morgan fingerprint density at radius 1 is 1.77 bits per heavy atom. The summed E-state index contributed by atoms with van der Waals surface area (Å²) in [6.45, 7) is 2.95. The molecule has 0 spiro atoms. The molecule has 0 saturated carbocycles. The highest BCUT2D eigenvalue weighted by Crippen LogP contribution is 1.98. The maximum absolute atomic E-state index is 4.19. The number of aryl methyl sites for hydroxylation is 1. The molecule has 5 heteroatoms. The minimum Gasteiger partial charge on any atom is -0.315 e. The van der Waals surface area contributed by atoms with Gasteiger partial charge in [0.15, 0.2) is 5.82 Å². The van der Waals surface area contributed by atoms with Gasteiger partial charge in [-0.25, -0.2) is 4.98 Å². The summed E-state index contributed by atoms with van der Waals surface area (Å²) < 4.78 is 1.73. The highest BCUT2D eigenvalue weighted by molar-refractivity contribution is 4.84. The lowest BCUT2D eigenvalue weighted by molar-refractivity contribution is 0.533. The molecular weight excluding hydrogens is 166 g/mol. The van der Waals surface area contributed by atoms with E-state index in [0.29, 0.717) is 6.04 Å². The van der Waals surface area contributed by atoms with E-state index in [1.54, 1.807) is 11.0 Å². The Morgan fingerprint density at radius 2 is 2.69 bits per heavy atom. The second-order valence-corrected chi connectivity index (χ2v) is 3.41. The van der Waals surface area contributed by atoms with Crippen LogP contribution in [0.4, 0.5) is 0 Å². The molecule has 0 radical (unpaired) electrons. The Balaban J connectivity index is 1.78. The average Bonchev–Trinajstić information content (AvgIpc) is 2.71. The van der Waals surface area contributed by atoms with E-state index in [1.165, 1.54) is 6.42 Å². The van der Waals surface area contributed by atoms with Crippen LogP contribution < -0.4 is 10.6 Å². The quantitative estimate of drug-likeness (QED) is 0.645. The summed E-state index contributed by atoms with van der Waals surface area (Å²) in [6, 6.07) is 0.587. The Bertz CT molecular complexity index is 263. The number of rotatable bonds is 3. The van der Waals surface area contributed by atoms with E-state index in [2.05, 4.69) is 20.7 Å². The van der Waals surface area contributed by atoms with Crippen molar-refractivity contribution in [1.82, 2.24) is 25.4 Å². The zero-order chi connectivity index (χ0) is 9.10. The van der Waals surface area contributed by atoms with Crippen LogP contribution in [0.5, 0.6) is 0 Å². The molecule has 1 aliphatic heterocycles. The van der Waals surface area contributed by atoms with E-state index in [4.69, 9.17) is 0 Å². The van der Waals surface area contributed by atoms with E-state index in [1.807, 2.05) is 7.05 Å². The van der Waals surface area contributed by atoms with Crippen molar-refractivity contribution in [2.24, 2.45) is 7.05 Å². The number of nitrogens with one attached hydrogen (secondary N) is 2. The monoisotopic (exact) mass is 181 g/mol. The third-order valence-corrected chi connectivity index (χ3v) is 2.26. The molecule has 0 bridgehead atoms. The number of aromatic nitrogens is 3. The molecule has 1 aromatic heterocycles. The third-order valence-electron chi connectivity index (χ3n) is 2.26. The minimum atomic E-state index is 0.587. The zero-order valence-electron chi connectivity index (χ0n) is 7.82. The summed E-state index contributed by atoms with van der Waals surface area (Å²) in [4.78, 5) is 4.15. The first kappa shape index (κ1) is 8.65. The molecule has 72 valence electrons. The number of nitrogens with zero attached hydrogens (tertiary/aromatic N) is 3. The van der Waals surface area contributed by atoms with Gasteiger partial charge in [-0.15, -0.1) is 0 Å². The Kier molecular flexibility index (Phi) is 2.56. The second kappa shape index (κ2) is 3.85. The van der Waals surface area contributed by atoms with Crippen LogP contribution in [0.3, 0.4) is 0 Å². The molecule has 0 amide bonds. The van der Waals surface area contributed by atoms with Crippen molar-refractivity contribution < 1.29 is 0 Å². The van der Waals surface area contributed by atoms with Gasteiger partial charge in [-0.3, -0.25) is 4.68 Å². The van der Waals surface area contributed by atoms with Gasteiger partial charge in [0.2, 0.25) is 0 Å². The normalized spacial score (nSPS) is 22.4. The Hall–Kier alpha value is -0.940. The maximum atomic E-state index is 4.19. The first-order valence-corrected chi connectivity index (χ1v) is 4.63. The molecule has 1 aliphatic rings. The van der Waals surface area contributed by atoms with E-state index in [-0.39, 0.29) is 0 Å². The first-order chi connectivity index (χ1) is 6.34. The van der Waals surface area contributed by atoms with Crippen LogP contribution in [-0.2, 0) is 13.6 Å². The van der Waals surface area contributed by atoms with Gasteiger partial charge in [0, 0.05) is 19.6 Å². The van der Waals surface area contributed by atoms with E-state index in [9.17, 15) is 0 Å². The molecular formula is C8H15N5. The highest BCUT2D eigenvalue weighted by atomic mass is 15.3. The lowest BCUT2D eigenvalue weighted by Gasteiger charge is -2.08. The van der Waals surface area contributed by atoms with Gasteiger partial charge in [-0.2, -0.15) is 5.10 Å². The fraction of sp³-hybridized carbons (Fsp3) is 0.750. The molecule has 0 aliphatic carbocycles. The summed E-state index contributed by atoms with van der Waals surface area (Å²) in [5.74, 6) is 0.870. The van der Waals surface area contributed by atoms with Crippen molar-refractivity contribution in [1.29, 1.82) is 0 Å². The SMILES string of the molecule is Cn1cnc(CNC2CCNC2)n1. The van der Waals surface area contributed by atoms with Crippen LogP contribution in [-0.4, -0.2) is 33.9 Å². The molecule has 2 rings (SSSR count). The average molecular weight is 181 g/mol. The van der Waals surface area contributed by atoms with Gasteiger partial charge in [-0.1, -0.05) is 0 Å². The van der Waals surface area contributed by atoms with E-state index < -0.39 is 0 Å². The smallest absolute Gasteiger partial charge is 0.164 e. The predicted octanol–water partition coefficient (Wildman–Crippen LogP) is -0.733. The fourth-order valence-electron chi connectivity index (χ4n) is 1.53. The lowest BCUT2D eigenvalue weighted by atomic mass is 10.2.